The zero-order chi connectivity index (χ0) is 15.6. The van der Waals surface area contributed by atoms with Gasteiger partial charge in [-0.3, -0.25) is 0 Å². The second-order valence-electron chi connectivity index (χ2n) is 4.42. The molecule has 2 rings (SSSR count). The molecule has 6 heteroatoms. The first-order valence-corrected chi connectivity index (χ1v) is 9.69. The molecule has 2 nitrogen and oxygen atoms in total. The standard InChI is InChI=1S/C16H16N2S4/c19-15(17-11-13-7-3-1-4-8-13)21-22-16(20)18-12-14-9-5-2-6-10-14/h1-10H,11-12H2,(H,17,19)(H,18,20). The van der Waals surface area contributed by atoms with Gasteiger partial charge < -0.3 is 10.6 Å². The Morgan fingerprint density at radius 1 is 0.682 bits per heavy atom. The van der Waals surface area contributed by atoms with E-state index in [1.54, 1.807) is 0 Å². The van der Waals surface area contributed by atoms with E-state index in [1.165, 1.54) is 32.7 Å². The Hall–Kier alpha value is -1.08. The number of thiocarbonyl (C=S) groups is 2. The van der Waals surface area contributed by atoms with Crippen molar-refractivity contribution < 1.29 is 0 Å². The van der Waals surface area contributed by atoms with Crippen LogP contribution in [0.2, 0.25) is 0 Å². The van der Waals surface area contributed by atoms with E-state index in [4.69, 9.17) is 24.4 Å². The molecule has 0 fully saturated rings. The van der Waals surface area contributed by atoms with Crippen LogP contribution in [0.3, 0.4) is 0 Å². The van der Waals surface area contributed by atoms with E-state index in [0.29, 0.717) is 0 Å². The first-order valence-electron chi connectivity index (χ1n) is 6.72. The predicted molar refractivity (Wildman–Crippen MR) is 107 cm³/mol. The third-order valence-electron chi connectivity index (χ3n) is 2.75. The lowest BCUT2D eigenvalue weighted by atomic mass is 10.2. The van der Waals surface area contributed by atoms with Gasteiger partial charge in [0.25, 0.3) is 0 Å². The predicted octanol–water partition coefficient (Wildman–Crippen LogP) is 4.52. The van der Waals surface area contributed by atoms with Gasteiger partial charge in [0.2, 0.25) is 0 Å². The van der Waals surface area contributed by atoms with Gasteiger partial charge in [-0.25, -0.2) is 0 Å². The van der Waals surface area contributed by atoms with Crippen molar-refractivity contribution in [1.29, 1.82) is 0 Å². The molecule has 114 valence electrons. The molecule has 0 bridgehead atoms. The number of hydrogen-bond acceptors (Lipinski definition) is 4. The van der Waals surface area contributed by atoms with Crippen LogP contribution in [-0.4, -0.2) is 8.64 Å². The maximum atomic E-state index is 5.29. The van der Waals surface area contributed by atoms with Crippen molar-refractivity contribution in [2.45, 2.75) is 13.1 Å². The van der Waals surface area contributed by atoms with Crippen LogP contribution in [0.4, 0.5) is 0 Å². The fourth-order valence-corrected chi connectivity index (χ4v) is 3.65. The average Bonchev–Trinajstić information content (AvgIpc) is 2.58. The molecule has 22 heavy (non-hydrogen) atoms. The number of nitrogens with one attached hydrogen (secondary N) is 2. The minimum Gasteiger partial charge on any atom is -0.366 e. The topological polar surface area (TPSA) is 24.1 Å². The van der Waals surface area contributed by atoms with E-state index >= 15 is 0 Å². The minimum absolute atomic E-state index is 0.734. The molecule has 0 saturated heterocycles. The Labute approximate surface area is 149 Å². The summed E-state index contributed by atoms with van der Waals surface area (Å²) in [5.74, 6) is 0. The zero-order valence-electron chi connectivity index (χ0n) is 11.8. The molecule has 0 radical (unpaired) electrons. The summed E-state index contributed by atoms with van der Waals surface area (Å²) in [5.41, 5.74) is 2.42. The van der Waals surface area contributed by atoms with Crippen molar-refractivity contribution in [3.63, 3.8) is 0 Å². The summed E-state index contributed by atoms with van der Waals surface area (Å²) in [5, 5.41) is 6.43. The largest absolute Gasteiger partial charge is 0.366 e. The van der Waals surface area contributed by atoms with Crippen molar-refractivity contribution in [2.24, 2.45) is 0 Å². The van der Waals surface area contributed by atoms with Gasteiger partial charge in [0.1, 0.15) is 8.64 Å². The maximum Gasteiger partial charge on any atom is 0.145 e. The minimum atomic E-state index is 0.734. The Morgan fingerprint density at radius 2 is 1.05 bits per heavy atom. The Balaban J connectivity index is 1.62. The van der Waals surface area contributed by atoms with Crippen LogP contribution >= 0.6 is 46.0 Å². The molecule has 0 atom stereocenters. The second-order valence-corrected chi connectivity index (χ2v) is 7.90. The quantitative estimate of drug-likeness (QED) is 0.611. The Morgan fingerprint density at radius 3 is 1.41 bits per heavy atom. The van der Waals surface area contributed by atoms with Gasteiger partial charge >= 0.3 is 0 Å². The summed E-state index contributed by atoms with van der Waals surface area (Å²) < 4.78 is 1.47. The summed E-state index contributed by atoms with van der Waals surface area (Å²) in [6.45, 7) is 1.47. The highest BCUT2D eigenvalue weighted by atomic mass is 33.1. The molecule has 0 aliphatic carbocycles. The molecular formula is C16H16N2S4. The SMILES string of the molecule is S=C(NCc1ccccc1)SSC(=S)NCc1ccccc1. The van der Waals surface area contributed by atoms with Gasteiger partial charge in [-0.05, 0) is 32.7 Å². The number of hydrogen-bond donors (Lipinski definition) is 2. The van der Waals surface area contributed by atoms with Gasteiger partial charge in [0.05, 0.1) is 0 Å². The highest BCUT2D eigenvalue weighted by Crippen LogP contribution is 2.23. The van der Waals surface area contributed by atoms with Crippen molar-refractivity contribution >= 4 is 54.7 Å². The summed E-state index contributed by atoms with van der Waals surface area (Å²) in [6.07, 6.45) is 0. The van der Waals surface area contributed by atoms with E-state index in [0.717, 1.165) is 21.7 Å². The van der Waals surface area contributed by atoms with Crippen LogP contribution in [0.25, 0.3) is 0 Å². The van der Waals surface area contributed by atoms with E-state index in [1.807, 2.05) is 36.4 Å². The normalized spacial score (nSPS) is 10.0. The molecule has 0 unspecified atom stereocenters. The first kappa shape index (κ1) is 17.3. The lowest BCUT2D eigenvalue weighted by molar-refractivity contribution is 0.939. The van der Waals surface area contributed by atoms with Gasteiger partial charge in [-0.1, -0.05) is 85.1 Å². The lowest BCUT2D eigenvalue weighted by Gasteiger charge is -2.09. The van der Waals surface area contributed by atoms with Crippen molar-refractivity contribution in [1.82, 2.24) is 10.6 Å². The highest BCUT2D eigenvalue weighted by Gasteiger charge is 2.03. The van der Waals surface area contributed by atoms with Crippen molar-refractivity contribution in [3.05, 3.63) is 71.8 Å². The van der Waals surface area contributed by atoms with Crippen LogP contribution in [0.15, 0.2) is 60.7 Å². The molecule has 0 heterocycles. The third-order valence-corrected chi connectivity index (χ3v) is 6.10. The molecule has 0 aliphatic rings. The number of benzene rings is 2. The van der Waals surface area contributed by atoms with E-state index < -0.39 is 0 Å². The van der Waals surface area contributed by atoms with Gasteiger partial charge in [-0.15, -0.1) is 0 Å². The summed E-state index contributed by atoms with van der Waals surface area (Å²) in [4.78, 5) is 0. The number of rotatable bonds is 4. The Bertz CT molecular complexity index is 547. The van der Waals surface area contributed by atoms with E-state index in [2.05, 4.69) is 34.9 Å². The van der Waals surface area contributed by atoms with Gasteiger partial charge in [0, 0.05) is 13.1 Å². The monoisotopic (exact) mass is 364 g/mol. The smallest absolute Gasteiger partial charge is 0.145 e. The van der Waals surface area contributed by atoms with Crippen molar-refractivity contribution in [3.8, 4) is 0 Å². The molecule has 0 aliphatic heterocycles. The molecule has 2 aromatic carbocycles. The summed E-state index contributed by atoms with van der Waals surface area (Å²) in [7, 11) is 2.94. The van der Waals surface area contributed by atoms with Crippen LogP contribution in [0, 0.1) is 0 Å². The van der Waals surface area contributed by atoms with Gasteiger partial charge in [-0.2, -0.15) is 0 Å². The van der Waals surface area contributed by atoms with E-state index in [-0.39, 0.29) is 0 Å². The zero-order valence-corrected chi connectivity index (χ0v) is 15.1. The maximum absolute atomic E-state index is 5.29. The van der Waals surface area contributed by atoms with Crippen molar-refractivity contribution in [2.75, 3.05) is 0 Å². The van der Waals surface area contributed by atoms with Gasteiger partial charge in [0.15, 0.2) is 0 Å². The van der Waals surface area contributed by atoms with Crippen LogP contribution in [-0.2, 0) is 13.1 Å². The van der Waals surface area contributed by atoms with E-state index in [9.17, 15) is 0 Å². The molecule has 2 N–H and O–H groups in total. The first-order chi connectivity index (χ1) is 10.7. The van der Waals surface area contributed by atoms with Crippen LogP contribution < -0.4 is 10.6 Å². The summed E-state index contributed by atoms with van der Waals surface area (Å²) >= 11 is 10.6. The summed E-state index contributed by atoms with van der Waals surface area (Å²) in [6, 6.07) is 20.4. The van der Waals surface area contributed by atoms with Crippen LogP contribution in [0.1, 0.15) is 11.1 Å². The average molecular weight is 365 g/mol. The molecule has 0 spiro atoms. The highest BCUT2D eigenvalue weighted by molar-refractivity contribution is 8.89. The Kier molecular flexibility index (Phi) is 7.73. The van der Waals surface area contributed by atoms with Crippen LogP contribution in [0.5, 0.6) is 0 Å². The molecule has 0 aromatic heterocycles. The fraction of sp³-hybridized carbons (Fsp3) is 0.125. The molecule has 0 amide bonds. The third kappa shape index (κ3) is 6.79. The lowest BCUT2D eigenvalue weighted by Crippen LogP contribution is -2.19. The second kappa shape index (κ2) is 9.84. The molecule has 0 saturated carbocycles. The molecular weight excluding hydrogens is 348 g/mol. The fourth-order valence-electron chi connectivity index (χ4n) is 1.67. The molecule has 2 aromatic rings.